The zero-order chi connectivity index (χ0) is 9.90. The average Bonchev–Trinajstić information content (AvgIpc) is 2.33. The largest absolute Gasteiger partial charge is 0.389 e. The molecule has 0 fully saturated rings. The molecule has 0 unspecified atom stereocenters. The van der Waals surface area contributed by atoms with Crippen LogP contribution in [0.15, 0.2) is 9.72 Å². The van der Waals surface area contributed by atoms with E-state index in [9.17, 15) is 13.2 Å². The van der Waals surface area contributed by atoms with Gasteiger partial charge in [0.2, 0.25) is 0 Å². The number of thioether (sulfide) groups is 1. The van der Waals surface area contributed by atoms with Gasteiger partial charge < -0.3 is 0 Å². The van der Waals surface area contributed by atoms with Crippen LogP contribution in [-0.4, -0.2) is 16.9 Å². The van der Waals surface area contributed by atoms with Crippen molar-refractivity contribution in [1.29, 1.82) is 0 Å². The average molecular weight is 227 g/mol. The Kier molecular flexibility index (Phi) is 3.61. The van der Waals surface area contributed by atoms with E-state index in [4.69, 9.17) is 0 Å². The lowest BCUT2D eigenvalue weighted by atomic mass is 10.5. The molecule has 0 aliphatic rings. The minimum atomic E-state index is -4.06. The number of rotatable bonds is 3. The molecule has 1 heterocycles. The third kappa shape index (κ3) is 4.52. The van der Waals surface area contributed by atoms with E-state index in [1.54, 1.807) is 0 Å². The summed E-state index contributed by atoms with van der Waals surface area (Å²) in [7, 11) is 0. The molecule has 1 aromatic rings. The van der Waals surface area contributed by atoms with Gasteiger partial charge in [0.25, 0.3) is 0 Å². The maximum atomic E-state index is 11.7. The molecule has 0 radical (unpaired) electrons. The summed E-state index contributed by atoms with van der Waals surface area (Å²) in [5.74, 6) is 0.0520. The van der Waals surface area contributed by atoms with Gasteiger partial charge in [0.15, 0.2) is 0 Å². The summed E-state index contributed by atoms with van der Waals surface area (Å²) >= 11 is 2.54. The van der Waals surface area contributed by atoms with Gasteiger partial charge in [-0.05, 0) is 6.92 Å². The summed E-state index contributed by atoms with van der Waals surface area (Å²) in [6.07, 6.45) is -4.81. The van der Waals surface area contributed by atoms with Crippen LogP contribution in [-0.2, 0) is 0 Å². The highest BCUT2D eigenvalue weighted by Crippen LogP contribution is 2.27. The molecule has 0 aliphatic heterocycles. The minimum Gasteiger partial charge on any atom is -0.235 e. The molecule has 0 aliphatic carbocycles. The van der Waals surface area contributed by atoms with E-state index < -0.39 is 12.6 Å². The molecule has 1 aromatic heterocycles. The Balaban J connectivity index is 2.28. The van der Waals surface area contributed by atoms with Crippen LogP contribution in [0.4, 0.5) is 13.2 Å². The van der Waals surface area contributed by atoms with E-state index in [2.05, 4.69) is 4.98 Å². The number of hydrogen-bond acceptors (Lipinski definition) is 3. The zero-order valence-electron chi connectivity index (χ0n) is 6.89. The molecule has 74 valence electrons. The molecule has 13 heavy (non-hydrogen) atoms. The Hall–Kier alpha value is -0.230. The predicted octanol–water partition coefficient (Wildman–Crippen LogP) is 3.50. The Morgan fingerprint density at radius 1 is 1.54 bits per heavy atom. The standard InChI is InChI=1S/C7H8F3NS2/c1-5-4-13-6(11-5)12-3-2-7(8,9)10/h4H,2-3H2,1H3. The second-order valence-corrected chi connectivity index (χ2v) is 4.67. The van der Waals surface area contributed by atoms with Crippen molar-refractivity contribution in [2.75, 3.05) is 5.75 Å². The maximum Gasteiger partial charge on any atom is 0.389 e. The number of nitrogens with zero attached hydrogens (tertiary/aromatic N) is 1. The van der Waals surface area contributed by atoms with Gasteiger partial charge in [-0.2, -0.15) is 13.2 Å². The lowest BCUT2D eigenvalue weighted by molar-refractivity contribution is -0.129. The zero-order valence-corrected chi connectivity index (χ0v) is 8.52. The molecule has 6 heteroatoms. The summed E-state index contributed by atoms with van der Waals surface area (Å²) in [4.78, 5) is 4.04. The van der Waals surface area contributed by atoms with E-state index in [1.165, 1.54) is 11.3 Å². The molecule has 0 atom stereocenters. The lowest BCUT2D eigenvalue weighted by Gasteiger charge is -2.03. The molecule has 1 rings (SSSR count). The molecule has 0 spiro atoms. The van der Waals surface area contributed by atoms with Crippen LogP contribution < -0.4 is 0 Å². The van der Waals surface area contributed by atoms with Gasteiger partial charge in [0.05, 0.1) is 6.42 Å². The van der Waals surface area contributed by atoms with Crippen molar-refractivity contribution < 1.29 is 13.2 Å². The summed E-state index contributed by atoms with van der Waals surface area (Å²) in [5, 5.41) is 1.83. The van der Waals surface area contributed by atoms with Crippen molar-refractivity contribution in [2.24, 2.45) is 0 Å². The third-order valence-corrected chi connectivity index (χ3v) is 3.35. The molecule has 0 aromatic carbocycles. The molecule has 0 amide bonds. The maximum absolute atomic E-state index is 11.7. The van der Waals surface area contributed by atoms with Crippen molar-refractivity contribution in [3.05, 3.63) is 11.1 Å². The van der Waals surface area contributed by atoms with Gasteiger partial charge in [0, 0.05) is 16.8 Å². The fourth-order valence-electron chi connectivity index (χ4n) is 0.653. The highest BCUT2D eigenvalue weighted by atomic mass is 32.2. The third-order valence-electron chi connectivity index (χ3n) is 1.21. The minimum absolute atomic E-state index is 0.0520. The molecule has 0 saturated carbocycles. The number of alkyl halides is 3. The van der Waals surface area contributed by atoms with E-state index in [0.29, 0.717) is 4.34 Å². The van der Waals surface area contributed by atoms with E-state index in [1.807, 2.05) is 12.3 Å². The first-order valence-electron chi connectivity index (χ1n) is 3.59. The molecular formula is C7H8F3NS2. The van der Waals surface area contributed by atoms with Crippen LogP contribution in [0.25, 0.3) is 0 Å². The Labute approximate surface area is 82.4 Å². The smallest absolute Gasteiger partial charge is 0.235 e. The Morgan fingerprint density at radius 3 is 2.69 bits per heavy atom. The number of thiazole rings is 1. The number of aryl methyl sites for hydroxylation is 1. The molecule has 0 bridgehead atoms. The van der Waals surface area contributed by atoms with Crippen molar-refractivity contribution >= 4 is 23.1 Å². The quantitative estimate of drug-likeness (QED) is 0.733. The van der Waals surface area contributed by atoms with Gasteiger partial charge in [0.1, 0.15) is 4.34 Å². The summed E-state index contributed by atoms with van der Waals surface area (Å²) in [6, 6.07) is 0. The molecule has 0 saturated heterocycles. The Morgan fingerprint density at radius 2 is 2.23 bits per heavy atom. The van der Waals surface area contributed by atoms with E-state index >= 15 is 0 Å². The lowest BCUT2D eigenvalue weighted by Crippen LogP contribution is -2.07. The van der Waals surface area contributed by atoms with Crippen LogP contribution >= 0.6 is 23.1 Å². The summed E-state index contributed by atoms with van der Waals surface area (Å²) in [6.45, 7) is 1.82. The SMILES string of the molecule is Cc1csc(SCCC(F)(F)F)n1. The van der Waals surface area contributed by atoms with E-state index in [0.717, 1.165) is 17.5 Å². The van der Waals surface area contributed by atoms with Crippen LogP contribution in [0, 0.1) is 6.92 Å². The van der Waals surface area contributed by atoms with Crippen LogP contribution in [0.5, 0.6) is 0 Å². The highest BCUT2D eigenvalue weighted by Gasteiger charge is 2.26. The second-order valence-electron chi connectivity index (χ2n) is 2.47. The van der Waals surface area contributed by atoms with Crippen molar-refractivity contribution in [3.63, 3.8) is 0 Å². The van der Waals surface area contributed by atoms with E-state index in [-0.39, 0.29) is 5.75 Å². The fourth-order valence-corrected chi connectivity index (χ4v) is 2.56. The summed E-state index contributed by atoms with van der Waals surface area (Å²) < 4.78 is 35.9. The topological polar surface area (TPSA) is 12.9 Å². The fraction of sp³-hybridized carbons (Fsp3) is 0.571. The molecule has 0 N–H and O–H groups in total. The first kappa shape index (κ1) is 10.8. The second kappa shape index (κ2) is 4.32. The first-order chi connectivity index (χ1) is 5.97. The predicted molar refractivity (Wildman–Crippen MR) is 48.2 cm³/mol. The summed E-state index contributed by atoms with van der Waals surface area (Å²) in [5.41, 5.74) is 0.861. The Bertz CT molecular complexity index is 269. The number of hydrogen-bond donors (Lipinski definition) is 0. The number of halogens is 3. The van der Waals surface area contributed by atoms with Gasteiger partial charge >= 0.3 is 6.18 Å². The van der Waals surface area contributed by atoms with Gasteiger partial charge in [-0.1, -0.05) is 11.8 Å². The van der Waals surface area contributed by atoms with Crippen molar-refractivity contribution in [2.45, 2.75) is 23.9 Å². The highest BCUT2D eigenvalue weighted by molar-refractivity contribution is 8.01. The van der Waals surface area contributed by atoms with Crippen molar-refractivity contribution in [1.82, 2.24) is 4.98 Å². The van der Waals surface area contributed by atoms with Gasteiger partial charge in [-0.15, -0.1) is 11.3 Å². The van der Waals surface area contributed by atoms with Gasteiger partial charge in [-0.25, -0.2) is 4.98 Å². The first-order valence-corrected chi connectivity index (χ1v) is 5.45. The molecular weight excluding hydrogens is 219 g/mol. The normalized spacial score (nSPS) is 12.0. The van der Waals surface area contributed by atoms with Crippen LogP contribution in [0.3, 0.4) is 0 Å². The van der Waals surface area contributed by atoms with Crippen molar-refractivity contribution in [3.8, 4) is 0 Å². The van der Waals surface area contributed by atoms with Crippen LogP contribution in [0.1, 0.15) is 12.1 Å². The van der Waals surface area contributed by atoms with Gasteiger partial charge in [-0.3, -0.25) is 0 Å². The van der Waals surface area contributed by atoms with Crippen LogP contribution in [0.2, 0.25) is 0 Å². The monoisotopic (exact) mass is 227 g/mol. The molecule has 1 nitrogen and oxygen atoms in total. The number of aromatic nitrogens is 1.